The van der Waals surface area contributed by atoms with Gasteiger partial charge in [0.1, 0.15) is 5.76 Å². The summed E-state index contributed by atoms with van der Waals surface area (Å²) in [6.07, 6.45) is 2.94. The van der Waals surface area contributed by atoms with Gasteiger partial charge in [-0.15, -0.1) is 11.3 Å². The lowest BCUT2D eigenvalue weighted by molar-refractivity contribution is 0.486. The van der Waals surface area contributed by atoms with Gasteiger partial charge in [-0.05, 0) is 37.1 Å². The molecule has 3 nitrogen and oxygen atoms in total. The molecule has 0 aliphatic heterocycles. The third kappa shape index (κ3) is 3.33. The van der Waals surface area contributed by atoms with Crippen molar-refractivity contribution in [3.05, 3.63) is 39.2 Å². The zero-order chi connectivity index (χ0) is 11.4. The predicted octanol–water partition coefficient (Wildman–Crippen LogP) is 3.03. The minimum Gasteiger partial charge on any atom is -0.448 e. The summed E-state index contributed by atoms with van der Waals surface area (Å²) in [4.78, 5) is 5.52. The number of thiazole rings is 1. The number of aryl methyl sites for hydroxylation is 1. The van der Waals surface area contributed by atoms with Crippen LogP contribution in [-0.2, 0) is 13.0 Å². The summed E-state index contributed by atoms with van der Waals surface area (Å²) in [6, 6.07) is 3.64. The lowest BCUT2D eigenvalue weighted by Gasteiger charge is -2.00. The van der Waals surface area contributed by atoms with Crippen LogP contribution in [0.5, 0.6) is 0 Å². The number of rotatable bonds is 5. The number of aromatic nitrogens is 1. The van der Waals surface area contributed by atoms with E-state index in [9.17, 15) is 0 Å². The van der Waals surface area contributed by atoms with Gasteiger partial charge in [0.2, 0.25) is 0 Å². The Morgan fingerprint density at radius 3 is 3.00 bits per heavy atom. The monoisotopic (exact) mass is 256 g/mol. The molecule has 0 aliphatic carbocycles. The van der Waals surface area contributed by atoms with Gasteiger partial charge in [0.05, 0.1) is 11.6 Å². The molecule has 0 unspecified atom stereocenters. The fraction of sp³-hybridized carbons (Fsp3) is 0.364. The van der Waals surface area contributed by atoms with E-state index in [1.807, 2.05) is 19.2 Å². The lowest BCUT2D eigenvalue weighted by Crippen LogP contribution is -2.15. The van der Waals surface area contributed by atoms with Gasteiger partial charge >= 0.3 is 0 Å². The molecule has 0 aromatic carbocycles. The molecule has 0 fully saturated rings. The second kappa shape index (κ2) is 5.48. The number of hydrogen-bond acceptors (Lipinski definition) is 4. The van der Waals surface area contributed by atoms with Gasteiger partial charge in [0, 0.05) is 17.6 Å². The molecule has 0 bridgehead atoms. The Balaban J connectivity index is 1.69. The van der Waals surface area contributed by atoms with Crippen molar-refractivity contribution in [3.8, 4) is 0 Å². The molecule has 0 aliphatic rings. The molecule has 2 aromatic rings. The topological polar surface area (TPSA) is 38.1 Å². The highest BCUT2D eigenvalue weighted by Crippen LogP contribution is 2.13. The van der Waals surface area contributed by atoms with Crippen LogP contribution in [0, 0.1) is 6.92 Å². The van der Waals surface area contributed by atoms with Crippen LogP contribution in [0.4, 0.5) is 0 Å². The number of furan rings is 1. The molecule has 5 heteroatoms. The van der Waals surface area contributed by atoms with Crippen LogP contribution >= 0.6 is 22.9 Å². The van der Waals surface area contributed by atoms with Gasteiger partial charge < -0.3 is 9.73 Å². The van der Waals surface area contributed by atoms with E-state index < -0.39 is 0 Å². The Bertz CT molecular complexity index is 410. The van der Waals surface area contributed by atoms with Gasteiger partial charge in [-0.25, -0.2) is 4.98 Å². The number of halogens is 1. The van der Waals surface area contributed by atoms with Gasteiger partial charge in [0.25, 0.3) is 0 Å². The predicted molar refractivity (Wildman–Crippen MR) is 66.0 cm³/mol. The Hall–Kier alpha value is -0.840. The van der Waals surface area contributed by atoms with Crippen LogP contribution in [-0.4, -0.2) is 11.5 Å². The lowest BCUT2D eigenvalue weighted by atomic mass is 10.3. The number of hydrogen-bond donors (Lipinski definition) is 1. The number of nitrogens with zero attached hydrogens (tertiary/aromatic N) is 1. The van der Waals surface area contributed by atoms with Crippen molar-refractivity contribution >= 4 is 22.9 Å². The maximum atomic E-state index is 5.67. The zero-order valence-electron chi connectivity index (χ0n) is 9.00. The summed E-state index contributed by atoms with van der Waals surface area (Å²) in [5.41, 5.74) is 0. The summed E-state index contributed by atoms with van der Waals surface area (Å²) in [5, 5.41) is 4.86. The fourth-order valence-electron chi connectivity index (χ4n) is 1.39. The molecule has 0 radical (unpaired) electrons. The maximum Gasteiger partial charge on any atom is 0.193 e. The second-order valence-corrected chi connectivity index (χ2v) is 5.17. The molecule has 0 spiro atoms. The molecule has 1 N–H and O–H groups in total. The van der Waals surface area contributed by atoms with E-state index in [1.54, 1.807) is 17.4 Å². The molecule has 86 valence electrons. The smallest absolute Gasteiger partial charge is 0.193 e. The molecule has 2 aromatic heterocycles. The maximum absolute atomic E-state index is 5.67. The Kier molecular flexibility index (Phi) is 3.98. The van der Waals surface area contributed by atoms with Crippen molar-refractivity contribution in [2.45, 2.75) is 19.9 Å². The van der Waals surface area contributed by atoms with E-state index in [1.165, 1.54) is 4.88 Å². The first-order chi connectivity index (χ1) is 7.74. The van der Waals surface area contributed by atoms with E-state index in [2.05, 4.69) is 10.3 Å². The molecule has 0 amide bonds. The highest BCUT2D eigenvalue weighted by atomic mass is 35.5. The minimum absolute atomic E-state index is 0.440. The van der Waals surface area contributed by atoms with Gasteiger partial charge in [-0.3, -0.25) is 0 Å². The first kappa shape index (κ1) is 11.6. The Morgan fingerprint density at radius 2 is 2.38 bits per heavy atom. The van der Waals surface area contributed by atoms with Crippen LogP contribution in [0.15, 0.2) is 22.7 Å². The third-order valence-corrected chi connectivity index (χ3v) is 3.32. The first-order valence-electron chi connectivity index (χ1n) is 5.10. The molecule has 2 rings (SSSR count). The van der Waals surface area contributed by atoms with E-state index in [0.717, 1.165) is 23.7 Å². The van der Waals surface area contributed by atoms with Crippen LogP contribution in [0.2, 0.25) is 5.22 Å². The molecule has 16 heavy (non-hydrogen) atoms. The van der Waals surface area contributed by atoms with Crippen molar-refractivity contribution < 1.29 is 4.42 Å². The van der Waals surface area contributed by atoms with Crippen molar-refractivity contribution in [2.24, 2.45) is 0 Å². The van der Waals surface area contributed by atoms with Gasteiger partial charge in [-0.2, -0.15) is 0 Å². The van der Waals surface area contributed by atoms with Crippen molar-refractivity contribution in [1.82, 2.24) is 10.3 Å². The first-order valence-corrected chi connectivity index (χ1v) is 6.30. The molecule has 2 heterocycles. The van der Waals surface area contributed by atoms with Gasteiger partial charge in [0.15, 0.2) is 5.22 Å². The fourth-order valence-corrected chi connectivity index (χ4v) is 2.35. The standard InChI is InChI=1S/C11H13ClN2OS/c1-8-14-7-10(16-8)4-5-13-6-9-2-3-11(12)15-9/h2-3,7,13H,4-6H2,1H3. The summed E-state index contributed by atoms with van der Waals surface area (Å²) in [7, 11) is 0. The Labute approximate surface area is 103 Å². The minimum atomic E-state index is 0.440. The van der Waals surface area contributed by atoms with E-state index in [0.29, 0.717) is 11.8 Å². The number of nitrogens with one attached hydrogen (secondary N) is 1. The normalized spacial score (nSPS) is 10.9. The summed E-state index contributed by atoms with van der Waals surface area (Å²) >= 11 is 7.41. The van der Waals surface area contributed by atoms with Crippen molar-refractivity contribution in [3.63, 3.8) is 0 Å². The largest absolute Gasteiger partial charge is 0.448 e. The van der Waals surface area contributed by atoms with E-state index in [-0.39, 0.29) is 0 Å². The zero-order valence-corrected chi connectivity index (χ0v) is 10.6. The van der Waals surface area contributed by atoms with Crippen LogP contribution in [0.3, 0.4) is 0 Å². The van der Waals surface area contributed by atoms with Gasteiger partial charge in [-0.1, -0.05) is 0 Å². The van der Waals surface area contributed by atoms with Crippen LogP contribution < -0.4 is 5.32 Å². The Morgan fingerprint density at radius 1 is 1.50 bits per heavy atom. The van der Waals surface area contributed by atoms with Crippen LogP contribution in [0.25, 0.3) is 0 Å². The third-order valence-electron chi connectivity index (χ3n) is 2.15. The quantitative estimate of drug-likeness (QED) is 0.836. The highest BCUT2D eigenvalue weighted by Gasteiger charge is 2.00. The van der Waals surface area contributed by atoms with Crippen molar-refractivity contribution in [1.29, 1.82) is 0 Å². The SMILES string of the molecule is Cc1ncc(CCNCc2ccc(Cl)o2)s1. The van der Waals surface area contributed by atoms with E-state index in [4.69, 9.17) is 16.0 Å². The van der Waals surface area contributed by atoms with E-state index >= 15 is 0 Å². The molecular formula is C11H13ClN2OS. The van der Waals surface area contributed by atoms with Crippen LogP contribution in [0.1, 0.15) is 15.6 Å². The average Bonchev–Trinajstić information content (AvgIpc) is 2.83. The average molecular weight is 257 g/mol. The molecule has 0 saturated carbocycles. The molecule has 0 saturated heterocycles. The highest BCUT2D eigenvalue weighted by molar-refractivity contribution is 7.11. The summed E-state index contributed by atoms with van der Waals surface area (Å²) < 4.78 is 5.23. The summed E-state index contributed by atoms with van der Waals surface area (Å²) in [6.45, 7) is 3.65. The second-order valence-electron chi connectivity index (χ2n) is 3.48. The van der Waals surface area contributed by atoms with Crippen molar-refractivity contribution in [2.75, 3.05) is 6.54 Å². The summed E-state index contributed by atoms with van der Waals surface area (Å²) in [5.74, 6) is 0.866. The molecular weight excluding hydrogens is 244 g/mol. The molecule has 0 atom stereocenters.